The van der Waals surface area contributed by atoms with Crippen molar-refractivity contribution < 1.29 is 23.8 Å². The van der Waals surface area contributed by atoms with Crippen LogP contribution >= 0.6 is 0 Å². The molecule has 6 nitrogen and oxygen atoms in total. The largest absolute Gasteiger partial charge is 0.482 e. The Labute approximate surface area is 174 Å². The molecule has 0 unspecified atom stereocenters. The van der Waals surface area contributed by atoms with E-state index in [1.54, 1.807) is 45.0 Å². The van der Waals surface area contributed by atoms with Crippen LogP contribution in [-0.2, 0) is 16.6 Å². The van der Waals surface area contributed by atoms with Crippen LogP contribution in [0.25, 0.3) is 17.0 Å². The van der Waals surface area contributed by atoms with Gasteiger partial charge in [-0.1, -0.05) is 18.2 Å². The minimum absolute atomic E-state index is 0.184. The quantitative estimate of drug-likeness (QED) is 0.472. The van der Waals surface area contributed by atoms with Gasteiger partial charge in [-0.2, -0.15) is 0 Å². The Morgan fingerprint density at radius 2 is 1.93 bits per heavy atom. The van der Waals surface area contributed by atoms with Crippen molar-refractivity contribution in [3.8, 4) is 11.5 Å². The van der Waals surface area contributed by atoms with Gasteiger partial charge in [0.2, 0.25) is 5.78 Å². The third-order valence-electron chi connectivity index (χ3n) is 4.63. The summed E-state index contributed by atoms with van der Waals surface area (Å²) < 4.78 is 18.6. The molecule has 0 bridgehead atoms. The van der Waals surface area contributed by atoms with Gasteiger partial charge in [-0.05, 0) is 45.0 Å². The summed E-state index contributed by atoms with van der Waals surface area (Å²) in [7, 11) is 1.96. The summed E-state index contributed by atoms with van der Waals surface area (Å²) in [5.74, 6) is 0.450. The highest BCUT2D eigenvalue weighted by Crippen LogP contribution is 2.35. The Morgan fingerprint density at radius 1 is 1.17 bits per heavy atom. The summed E-state index contributed by atoms with van der Waals surface area (Å²) in [6, 6.07) is 12.9. The molecule has 2 heterocycles. The first-order chi connectivity index (χ1) is 14.2. The number of benzene rings is 2. The number of allylic oxidation sites excluding steroid dienone is 1. The maximum absolute atomic E-state index is 12.8. The van der Waals surface area contributed by atoms with E-state index in [0.717, 1.165) is 16.5 Å². The maximum atomic E-state index is 12.8. The van der Waals surface area contributed by atoms with E-state index in [1.165, 1.54) is 0 Å². The molecule has 0 fully saturated rings. The maximum Gasteiger partial charge on any atom is 0.344 e. The summed E-state index contributed by atoms with van der Waals surface area (Å²) in [5.41, 5.74) is 1.87. The number of carbonyl (C=O) groups is 2. The lowest BCUT2D eigenvalue weighted by Crippen LogP contribution is -2.27. The number of carbonyl (C=O) groups excluding carboxylic acids is 2. The van der Waals surface area contributed by atoms with Crippen LogP contribution in [0.5, 0.6) is 11.5 Å². The average molecular weight is 405 g/mol. The van der Waals surface area contributed by atoms with Crippen molar-refractivity contribution >= 4 is 28.7 Å². The molecule has 0 N–H and O–H groups in total. The highest BCUT2D eigenvalue weighted by atomic mass is 16.6. The topological polar surface area (TPSA) is 66.8 Å². The molecule has 0 amide bonds. The number of hydrogen-bond donors (Lipinski definition) is 0. The molecule has 0 saturated heterocycles. The van der Waals surface area contributed by atoms with Gasteiger partial charge in [0.15, 0.2) is 12.4 Å². The Hall–Kier alpha value is -3.54. The summed E-state index contributed by atoms with van der Waals surface area (Å²) >= 11 is 0. The number of rotatable bonds is 4. The van der Waals surface area contributed by atoms with Gasteiger partial charge in [0.1, 0.15) is 17.1 Å². The van der Waals surface area contributed by atoms with Gasteiger partial charge in [-0.15, -0.1) is 0 Å². The van der Waals surface area contributed by atoms with Crippen molar-refractivity contribution in [2.75, 3.05) is 6.61 Å². The van der Waals surface area contributed by atoms with Crippen LogP contribution in [-0.4, -0.2) is 28.5 Å². The number of aromatic nitrogens is 1. The van der Waals surface area contributed by atoms with Gasteiger partial charge in [0.25, 0.3) is 0 Å². The minimum atomic E-state index is -0.574. The zero-order valence-corrected chi connectivity index (χ0v) is 17.4. The van der Waals surface area contributed by atoms with E-state index in [-0.39, 0.29) is 18.1 Å². The molecular weight excluding hydrogens is 382 g/mol. The number of hydrogen-bond acceptors (Lipinski definition) is 5. The highest BCUT2D eigenvalue weighted by molar-refractivity contribution is 6.15. The summed E-state index contributed by atoms with van der Waals surface area (Å²) in [6.45, 7) is 5.17. The average Bonchev–Trinajstić information content (AvgIpc) is 3.16. The predicted octanol–water partition coefficient (Wildman–Crippen LogP) is 4.52. The third-order valence-corrected chi connectivity index (χ3v) is 4.63. The van der Waals surface area contributed by atoms with E-state index < -0.39 is 11.6 Å². The Kier molecular flexibility index (Phi) is 4.86. The lowest BCUT2D eigenvalue weighted by molar-refractivity contribution is -0.157. The van der Waals surface area contributed by atoms with Crippen molar-refractivity contribution in [2.24, 2.45) is 7.05 Å². The molecule has 30 heavy (non-hydrogen) atoms. The second-order valence-corrected chi connectivity index (χ2v) is 8.19. The molecule has 0 saturated carbocycles. The molecule has 6 heteroatoms. The normalized spacial score (nSPS) is 14.7. The lowest BCUT2D eigenvalue weighted by atomic mass is 10.1. The third kappa shape index (κ3) is 3.94. The zero-order chi connectivity index (χ0) is 21.5. The van der Waals surface area contributed by atoms with Crippen LogP contribution in [0.15, 0.2) is 54.4 Å². The van der Waals surface area contributed by atoms with Crippen molar-refractivity contribution in [1.82, 2.24) is 4.57 Å². The lowest BCUT2D eigenvalue weighted by Gasteiger charge is -2.19. The van der Waals surface area contributed by atoms with E-state index in [2.05, 4.69) is 0 Å². The van der Waals surface area contributed by atoms with Crippen LogP contribution in [0.1, 0.15) is 36.7 Å². The number of esters is 1. The number of para-hydroxylation sites is 1. The minimum Gasteiger partial charge on any atom is -0.482 e. The number of ketones is 1. The summed E-state index contributed by atoms with van der Waals surface area (Å²) in [6.07, 6.45) is 3.72. The van der Waals surface area contributed by atoms with Gasteiger partial charge in [-0.25, -0.2) is 4.79 Å². The molecule has 1 aliphatic heterocycles. The van der Waals surface area contributed by atoms with Gasteiger partial charge in [0, 0.05) is 35.8 Å². The first-order valence-corrected chi connectivity index (χ1v) is 9.68. The molecule has 2 aromatic carbocycles. The fourth-order valence-electron chi connectivity index (χ4n) is 3.40. The number of Topliss-reactive ketones (excluding diaryl/α,β-unsaturated/α-hetero) is 1. The molecule has 0 spiro atoms. The smallest absolute Gasteiger partial charge is 0.344 e. The Morgan fingerprint density at radius 3 is 2.70 bits per heavy atom. The first kappa shape index (κ1) is 19.8. The standard InChI is InChI=1S/C24H23NO5/c1-24(2,3)30-22(26)14-28-16-9-10-18-20(12-16)29-21(23(18)27)11-15-13-25(4)19-8-6-5-7-17(15)19/h5-13H,14H2,1-4H3. The second-order valence-electron chi connectivity index (χ2n) is 8.19. The molecule has 0 atom stereocenters. The highest BCUT2D eigenvalue weighted by Gasteiger charge is 2.28. The fraction of sp³-hybridized carbons (Fsp3) is 0.250. The molecule has 0 aliphatic carbocycles. The fourth-order valence-corrected chi connectivity index (χ4v) is 3.40. The van der Waals surface area contributed by atoms with Crippen LogP contribution in [0.2, 0.25) is 0 Å². The zero-order valence-electron chi connectivity index (χ0n) is 17.4. The number of nitrogens with zero attached hydrogens (tertiary/aromatic N) is 1. The summed E-state index contributed by atoms with van der Waals surface area (Å²) in [5, 5.41) is 1.04. The van der Waals surface area contributed by atoms with Crippen LogP contribution in [0, 0.1) is 0 Å². The second kappa shape index (κ2) is 7.37. The molecule has 3 aromatic rings. The molecule has 154 valence electrons. The van der Waals surface area contributed by atoms with Crippen LogP contribution in [0.3, 0.4) is 0 Å². The van der Waals surface area contributed by atoms with Gasteiger partial charge in [-0.3, -0.25) is 4.79 Å². The molecule has 1 aliphatic rings. The van der Waals surface area contributed by atoms with Gasteiger partial charge < -0.3 is 18.8 Å². The van der Waals surface area contributed by atoms with Crippen molar-refractivity contribution in [3.05, 3.63) is 65.5 Å². The van der Waals surface area contributed by atoms with E-state index in [4.69, 9.17) is 14.2 Å². The van der Waals surface area contributed by atoms with Crippen LogP contribution in [0.4, 0.5) is 0 Å². The first-order valence-electron chi connectivity index (χ1n) is 9.68. The molecule has 4 rings (SSSR count). The van der Waals surface area contributed by atoms with Crippen LogP contribution < -0.4 is 9.47 Å². The van der Waals surface area contributed by atoms with Crippen molar-refractivity contribution in [2.45, 2.75) is 26.4 Å². The van der Waals surface area contributed by atoms with E-state index in [9.17, 15) is 9.59 Å². The summed E-state index contributed by atoms with van der Waals surface area (Å²) in [4.78, 5) is 24.6. The Bertz CT molecular complexity index is 1180. The number of fused-ring (bicyclic) bond motifs is 2. The Balaban J connectivity index is 1.53. The number of aryl methyl sites for hydroxylation is 1. The van der Waals surface area contributed by atoms with E-state index in [1.807, 2.05) is 42.1 Å². The van der Waals surface area contributed by atoms with Gasteiger partial charge >= 0.3 is 5.97 Å². The molecule has 0 radical (unpaired) electrons. The molecule has 1 aromatic heterocycles. The molecular formula is C24H23NO5. The van der Waals surface area contributed by atoms with Gasteiger partial charge in [0.05, 0.1) is 5.56 Å². The number of ether oxygens (including phenoxy) is 3. The van der Waals surface area contributed by atoms with Crippen molar-refractivity contribution in [1.29, 1.82) is 0 Å². The SMILES string of the molecule is Cn1cc(C=C2Oc3cc(OCC(=O)OC(C)(C)C)ccc3C2=O)c2ccccc21. The predicted molar refractivity (Wildman–Crippen MR) is 114 cm³/mol. The monoisotopic (exact) mass is 405 g/mol. The van der Waals surface area contributed by atoms with Crippen molar-refractivity contribution in [3.63, 3.8) is 0 Å². The van der Waals surface area contributed by atoms with E-state index in [0.29, 0.717) is 17.1 Å². The van der Waals surface area contributed by atoms with E-state index >= 15 is 0 Å².